The summed E-state index contributed by atoms with van der Waals surface area (Å²) in [5, 5.41) is 0.970. The van der Waals surface area contributed by atoms with Crippen LogP contribution in [0, 0.1) is 0 Å². The van der Waals surface area contributed by atoms with Crippen LogP contribution in [0.2, 0.25) is 10.0 Å². The SMILES string of the molecule is CCCCn1c(-c2cccc(Oc3ccc(Cl)c(Cl)c3)c2)nc2c(OCC3CCCN3C)cc(CCC3CCCN3C)cc21. The quantitative estimate of drug-likeness (QED) is 0.155. The molecule has 1 aromatic heterocycles. The van der Waals surface area contributed by atoms with E-state index in [1.807, 2.05) is 18.2 Å². The van der Waals surface area contributed by atoms with E-state index >= 15 is 0 Å². The Labute approximate surface area is 271 Å². The zero-order valence-electron chi connectivity index (χ0n) is 26.2. The molecule has 44 heavy (non-hydrogen) atoms. The molecule has 0 saturated carbocycles. The van der Waals surface area contributed by atoms with Crippen LogP contribution in [-0.2, 0) is 13.0 Å². The molecular weight excluding hydrogens is 591 g/mol. The van der Waals surface area contributed by atoms with Gasteiger partial charge in [0.05, 0.1) is 15.6 Å². The van der Waals surface area contributed by atoms with Crippen LogP contribution in [-0.4, -0.2) is 65.2 Å². The lowest BCUT2D eigenvalue weighted by Gasteiger charge is -2.21. The van der Waals surface area contributed by atoms with Gasteiger partial charge in [0.2, 0.25) is 0 Å². The van der Waals surface area contributed by atoms with Gasteiger partial charge in [0.15, 0.2) is 0 Å². The smallest absolute Gasteiger partial charge is 0.147 e. The molecule has 0 N–H and O–H groups in total. The third-order valence-electron chi connectivity index (χ3n) is 9.37. The first kappa shape index (κ1) is 31.2. The number of hydrogen-bond acceptors (Lipinski definition) is 5. The average Bonchev–Trinajstić information content (AvgIpc) is 3.73. The number of aryl methyl sites for hydroxylation is 2. The maximum atomic E-state index is 6.66. The van der Waals surface area contributed by atoms with E-state index in [1.54, 1.807) is 12.1 Å². The Balaban J connectivity index is 1.37. The number of ether oxygens (including phenoxy) is 2. The molecule has 2 unspecified atom stereocenters. The molecule has 2 aliphatic rings. The number of likely N-dealkylation sites (N-methyl/N-ethyl adjacent to an activating group) is 1. The molecule has 0 bridgehead atoms. The number of likely N-dealkylation sites (tertiary alicyclic amines) is 2. The first-order chi connectivity index (χ1) is 21.4. The Hall–Kier alpha value is -2.77. The van der Waals surface area contributed by atoms with E-state index in [2.05, 4.69) is 59.7 Å². The van der Waals surface area contributed by atoms with Crippen LogP contribution in [0.3, 0.4) is 0 Å². The monoisotopic (exact) mass is 634 g/mol. The fourth-order valence-corrected chi connectivity index (χ4v) is 6.98. The number of nitrogens with zero attached hydrogens (tertiary/aromatic N) is 4. The van der Waals surface area contributed by atoms with Gasteiger partial charge in [-0.2, -0.15) is 0 Å². The number of fused-ring (bicyclic) bond motifs is 1. The minimum atomic E-state index is 0.442. The van der Waals surface area contributed by atoms with Crippen LogP contribution < -0.4 is 9.47 Å². The van der Waals surface area contributed by atoms with Crippen LogP contribution in [0.5, 0.6) is 17.2 Å². The molecule has 6 rings (SSSR count). The molecule has 2 fully saturated rings. The third kappa shape index (κ3) is 7.04. The summed E-state index contributed by atoms with van der Waals surface area (Å²) in [6, 6.07) is 19.2. The maximum absolute atomic E-state index is 6.66. The van der Waals surface area contributed by atoms with Crippen LogP contribution in [0.25, 0.3) is 22.4 Å². The van der Waals surface area contributed by atoms with Crippen molar-refractivity contribution in [2.24, 2.45) is 0 Å². The molecule has 2 saturated heterocycles. The van der Waals surface area contributed by atoms with E-state index in [-0.39, 0.29) is 0 Å². The van der Waals surface area contributed by atoms with Crippen molar-refractivity contribution in [3.8, 4) is 28.6 Å². The number of aromatic nitrogens is 2. The molecule has 8 heteroatoms. The van der Waals surface area contributed by atoms with E-state index in [9.17, 15) is 0 Å². The van der Waals surface area contributed by atoms with E-state index in [0.29, 0.717) is 34.5 Å². The van der Waals surface area contributed by atoms with Crippen LogP contribution in [0.4, 0.5) is 0 Å². The molecule has 6 nitrogen and oxygen atoms in total. The van der Waals surface area contributed by atoms with Crippen LogP contribution in [0.15, 0.2) is 54.6 Å². The molecular formula is C36H44Cl2N4O2. The Morgan fingerprint density at radius 2 is 1.66 bits per heavy atom. The molecule has 0 aliphatic carbocycles. The highest BCUT2D eigenvalue weighted by atomic mass is 35.5. The van der Waals surface area contributed by atoms with Gasteiger partial charge in [0.1, 0.15) is 35.2 Å². The normalized spacial score (nSPS) is 19.3. The molecule has 2 aliphatic heterocycles. The van der Waals surface area contributed by atoms with Crippen LogP contribution in [0.1, 0.15) is 57.4 Å². The second kappa shape index (κ2) is 14.1. The first-order valence-electron chi connectivity index (χ1n) is 16.2. The van der Waals surface area contributed by atoms with Crippen molar-refractivity contribution in [1.29, 1.82) is 0 Å². The van der Waals surface area contributed by atoms with Gasteiger partial charge in [-0.3, -0.25) is 0 Å². The number of rotatable bonds is 12. The van der Waals surface area contributed by atoms with Crippen molar-refractivity contribution in [3.63, 3.8) is 0 Å². The summed E-state index contributed by atoms with van der Waals surface area (Å²) in [7, 11) is 4.47. The second-order valence-electron chi connectivity index (χ2n) is 12.5. The van der Waals surface area contributed by atoms with Crippen molar-refractivity contribution in [1.82, 2.24) is 19.4 Å². The molecule has 0 amide bonds. The zero-order chi connectivity index (χ0) is 30.6. The fourth-order valence-electron chi connectivity index (χ4n) is 6.69. The Morgan fingerprint density at radius 3 is 2.39 bits per heavy atom. The van der Waals surface area contributed by atoms with Gasteiger partial charge < -0.3 is 23.8 Å². The molecule has 3 aromatic carbocycles. The predicted octanol–water partition coefficient (Wildman–Crippen LogP) is 9.10. The topological polar surface area (TPSA) is 42.8 Å². The highest BCUT2D eigenvalue weighted by Gasteiger charge is 2.24. The van der Waals surface area contributed by atoms with Gasteiger partial charge in [-0.15, -0.1) is 0 Å². The molecule has 0 radical (unpaired) electrons. The van der Waals surface area contributed by atoms with E-state index in [4.69, 9.17) is 37.7 Å². The maximum Gasteiger partial charge on any atom is 0.147 e. The lowest BCUT2D eigenvalue weighted by Crippen LogP contribution is -2.30. The lowest BCUT2D eigenvalue weighted by atomic mass is 10.0. The van der Waals surface area contributed by atoms with Crippen molar-refractivity contribution in [3.05, 3.63) is 70.2 Å². The summed E-state index contributed by atoms with van der Waals surface area (Å²) >= 11 is 12.4. The highest BCUT2D eigenvalue weighted by molar-refractivity contribution is 6.42. The zero-order valence-corrected chi connectivity index (χ0v) is 27.7. The Kier molecular flexibility index (Phi) is 10.0. The Bertz CT molecular complexity index is 1590. The first-order valence-corrected chi connectivity index (χ1v) is 16.9. The number of hydrogen-bond donors (Lipinski definition) is 0. The van der Waals surface area contributed by atoms with Gasteiger partial charge in [0.25, 0.3) is 0 Å². The van der Waals surface area contributed by atoms with Crippen molar-refractivity contribution < 1.29 is 9.47 Å². The van der Waals surface area contributed by atoms with Crippen molar-refractivity contribution >= 4 is 34.2 Å². The van der Waals surface area contributed by atoms with Gasteiger partial charge in [0, 0.05) is 30.3 Å². The molecule has 234 valence electrons. The Morgan fingerprint density at radius 1 is 0.886 bits per heavy atom. The van der Waals surface area contributed by atoms with E-state index in [0.717, 1.165) is 72.7 Å². The average molecular weight is 636 g/mol. The summed E-state index contributed by atoms with van der Waals surface area (Å²) in [5.74, 6) is 3.19. The summed E-state index contributed by atoms with van der Waals surface area (Å²) in [5.41, 5.74) is 4.42. The summed E-state index contributed by atoms with van der Waals surface area (Å²) < 4.78 is 15.2. The summed E-state index contributed by atoms with van der Waals surface area (Å²) in [4.78, 5) is 10.2. The van der Waals surface area contributed by atoms with Crippen molar-refractivity contribution in [2.75, 3.05) is 33.8 Å². The fraction of sp³-hybridized carbons (Fsp3) is 0.472. The van der Waals surface area contributed by atoms with E-state index < -0.39 is 0 Å². The summed E-state index contributed by atoms with van der Waals surface area (Å²) in [6.45, 7) is 6.15. The highest BCUT2D eigenvalue weighted by Crippen LogP contribution is 2.36. The lowest BCUT2D eigenvalue weighted by molar-refractivity contribution is 0.199. The van der Waals surface area contributed by atoms with Gasteiger partial charge in [-0.05, 0) is 114 Å². The van der Waals surface area contributed by atoms with Gasteiger partial charge >= 0.3 is 0 Å². The third-order valence-corrected chi connectivity index (χ3v) is 10.1. The van der Waals surface area contributed by atoms with Crippen molar-refractivity contribution in [2.45, 2.75) is 76.9 Å². The number of benzene rings is 3. The van der Waals surface area contributed by atoms with Gasteiger partial charge in [-0.25, -0.2) is 4.98 Å². The molecule has 2 atom stereocenters. The van der Waals surface area contributed by atoms with E-state index in [1.165, 1.54) is 37.8 Å². The largest absolute Gasteiger partial charge is 0.490 e. The second-order valence-corrected chi connectivity index (χ2v) is 13.3. The minimum absolute atomic E-state index is 0.442. The molecule has 3 heterocycles. The van der Waals surface area contributed by atoms with Gasteiger partial charge in [-0.1, -0.05) is 48.7 Å². The van der Waals surface area contributed by atoms with Crippen LogP contribution >= 0.6 is 23.2 Å². The number of unbranched alkanes of at least 4 members (excludes halogenated alkanes) is 1. The minimum Gasteiger partial charge on any atom is -0.490 e. The standard InChI is InChI=1S/C36H44Cl2N4O2/c1-4-5-19-42-33-20-25(13-14-27-10-7-17-40(27)2)21-34(43-24-28-11-8-18-41(28)3)35(33)39-36(42)26-9-6-12-29(22-26)44-30-15-16-31(37)32(38)23-30/h6,9,12,15-16,20-23,27-28H,4-5,7-8,10-11,13-14,17-19,24H2,1-3H3. The number of halogens is 2. The predicted molar refractivity (Wildman–Crippen MR) is 182 cm³/mol. The number of imidazole rings is 1. The molecule has 4 aromatic rings. The molecule has 0 spiro atoms. The summed E-state index contributed by atoms with van der Waals surface area (Å²) in [6.07, 6.45) is 9.35.